The van der Waals surface area contributed by atoms with Crippen LogP contribution in [0.1, 0.15) is 16.5 Å². The standard InChI is InChI=1S/C24H26N2O3S3/c1-15-14-20(30-4)21(24(25-15)31-5)26-23(27)22(16-6-8-17(28-2)9-7-16)32-19-12-10-18(29-3)11-13-19/h6-14,22H,1-5H3,(H,26,27). The molecule has 1 amide bonds. The van der Waals surface area contributed by atoms with Gasteiger partial charge < -0.3 is 14.8 Å². The highest BCUT2D eigenvalue weighted by atomic mass is 32.2. The second-order valence-corrected chi connectivity index (χ2v) is 9.61. The first kappa shape index (κ1) is 24.4. The highest BCUT2D eigenvalue weighted by molar-refractivity contribution is 8.00. The molecule has 32 heavy (non-hydrogen) atoms. The molecule has 8 heteroatoms. The number of nitrogens with one attached hydrogen (secondary N) is 1. The fourth-order valence-corrected chi connectivity index (χ4v) is 5.40. The van der Waals surface area contributed by atoms with Gasteiger partial charge >= 0.3 is 0 Å². The highest BCUT2D eigenvalue weighted by Gasteiger charge is 2.25. The van der Waals surface area contributed by atoms with Gasteiger partial charge in [0.05, 0.1) is 19.9 Å². The number of anilines is 1. The molecule has 1 N–H and O–H groups in total. The van der Waals surface area contributed by atoms with E-state index in [9.17, 15) is 4.79 Å². The zero-order valence-electron chi connectivity index (χ0n) is 18.7. The number of thioether (sulfide) groups is 3. The van der Waals surface area contributed by atoms with E-state index < -0.39 is 5.25 Å². The van der Waals surface area contributed by atoms with Crippen molar-refractivity contribution in [3.63, 3.8) is 0 Å². The zero-order valence-corrected chi connectivity index (χ0v) is 21.1. The van der Waals surface area contributed by atoms with Gasteiger partial charge in [-0.2, -0.15) is 0 Å². The number of aromatic nitrogens is 1. The number of benzene rings is 2. The normalized spacial score (nSPS) is 11.7. The summed E-state index contributed by atoms with van der Waals surface area (Å²) < 4.78 is 10.5. The molecule has 0 aliphatic heterocycles. The first-order valence-corrected chi connectivity index (χ1v) is 13.2. The Bertz CT molecular complexity index is 1030. The van der Waals surface area contributed by atoms with E-state index in [1.54, 1.807) is 26.0 Å². The first-order valence-electron chi connectivity index (χ1n) is 9.84. The van der Waals surface area contributed by atoms with Crippen LogP contribution in [0.15, 0.2) is 69.4 Å². The third-order valence-electron chi connectivity index (χ3n) is 4.71. The molecule has 0 aliphatic rings. The van der Waals surface area contributed by atoms with E-state index in [0.29, 0.717) is 0 Å². The van der Waals surface area contributed by atoms with E-state index in [2.05, 4.69) is 10.3 Å². The predicted octanol–water partition coefficient (Wildman–Crippen LogP) is 6.32. The number of nitrogens with zero attached hydrogens (tertiary/aromatic N) is 1. The number of rotatable bonds is 9. The molecule has 1 unspecified atom stereocenters. The average molecular weight is 487 g/mol. The van der Waals surface area contributed by atoms with Crippen molar-refractivity contribution in [3.8, 4) is 11.5 Å². The molecule has 0 aliphatic carbocycles. The molecule has 1 aromatic heterocycles. The summed E-state index contributed by atoms with van der Waals surface area (Å²) in [7, 11) is 3.27. The number of hydrogen-bond acceptors (Lipinski definition) is 7. The van der Waals surface area contributed by atoms with Gasteiger partial charge in [-0.25, -0.2) is 4.98 Å². The summed E-state index contributed by atoms with van der Waals surface area (Å²) in [5.74, 6) is 1.42. The van der Waals surface area contributed by atoms with Crippen LogP contribution >= 0.6 is 35.3 Å². The van der Waals surface area contributed by atoms with Gasteiger partial charge in [0.25, 0.3) is 0 Å². The molecule has 0 saturated carbocycles. The second-order valence-electron chi connectivity index (χ2n) is 6.79. The monoisotopic (exact) mass is 486 g/mol. The Labute approximate surface area is 202 Å². The van der Waals surface area contributed by atoms with Gasteiger partial charge in [0.2, 0.25) is 5.91 Å². The minimum Gasteiger partial charge on any atom is -0.497 e. The Morgan fingerprint density at radius 1 is 0.938 bits per heavy atom. The predicted molar refractivity (Wildman–Crippen MR) is 136 cm³/mol. The smallest absolute Gasteiger partial charge is 0.242 e. The summed E-state index contributed by atoms with van der Waals surface area (Å²) >= 11 is 4.61. The molecule has 5 nitrogen and oxygen atoms in total. The first-order chi connectivity index (χ1) is 15.5. The number of carbonyl (C=O) groups excluding carboxylic acids is 1. The molecule has 0 bridgehead atoms. The largest absolute Gasteiger partial charge is 0.497 e. The third kappa shape index (κ3) is 5.94. The molecule has 2 aromatic carbocycles. The van der Waals surface area contributed by atoms with Gasteiger partial charge in [0.1, 0.15) is 21.8 Å². The molecule has 1 heterocycles. The molecule has 0 spiro atoms. The van der Waals surface area contributed by atoms with Crippen LogP contribution in [0.5, 0.6) is 11.5 Å². The van der Waals surface area contributed by atoms with E-state index in [1.807, 2.05) is 74.0 Å². The number of hydrogen-bond donors (Lipinski definition) is 1. The van der Waals surface area contributed by atoms with Crippen molar-refractivity contribution >= 4 is 46.9 Å². The van der Waals surface area contributed by atoms with Crippen LogP contribution in [0.3, 0.4) is 0 Å². The van der Waals surface area contributed by atoms with Crippen LogP contribution in [-0.4, -0.2) is 37.6 Å². The van der Waals surface area contributed by atoms with Crippen molar-refractivity contribution < 1.29 is 14.3 Å². The van der Waals surface area contributed by atoms with Crippen molar-refractivity contribution in [2.75, 3.05) is 32.0 Å². The van der Waals surface area contributed by atoms with Crippen molar-refractivity contribution in [2.24, 2.45) is 0 Å². The molecule has 0 radical (unpaired) electrons. The van der Waals surface area contributed by atoms with Gasteiger partial charge in [-0.15, -0.1) is 35.3 Å². The maximum Gasteiger partial charge on any atom is 0.242 e. The average Bonchev–Trinajstić information content (AvgIpc) is 2.83. The fourth-order valence-electron chi connectivity index (χ4n) is 3.07. The zero-order chi connectivity index (χ0) is 23.1. The SMILES string of the molecule is COc1ccc(SC(C(=O)Nc2c(SC)cc(C)nc2SC)c2ccc(OC)cc2)cc1. The minimum atomic E-state index is -0.458. The summed E-state index contributed by atoms with van der Waals surface area (Å²) in [6.07, 6.45) is 3.97. The summed E-state index contributed by atoms with van der Waals surface area (Å²) in [6, 6.07) is 17.3. The topological polar surface area (TPSA) is 60.5 Å². The Balaban J connectivity index is 1.95. The lowest BCUT2D eigenvalue weighted by atomic mass is 10.1. The summed E-state index contributed by atoms with van der Waals surface area (Å²) in [6.45, 7) is 1.96. The van der Waals surface area contributed by atoms with Crippen LogP contribution in [0.4, 0.5) is 5.69 Å². The van der Waals surface area contributed by atoms with Gasteiger partial charge in [-0.1, -0.05) is 12.1 Å². The lowest BCUT2D eigenvalue weighted by molar-refractivity contribution is -0.115. The van der Waals surface area contributed by atoms with Gasteiger partial charge in [0.15, 0.2) is 0 Å². The molecule has 0 fully saturated rings. The summed E-state index contributed by atoms with van der Waals surface area (Å²) in [5.41, 5.74) is 2.58. The van der Waals surface area contributed by atoms with Crippen molar-refractivity contribution in [1.82, 2.24) is 4.98 Å². The van der Waals surface area contributed by atoms with E-state index in [-0.39, 0.29) is 5.91 Å². The van der Waals surface area contributed by atoms with E-state index >= 15 is 0 Å². The van der Waals surface area contributed by atoms with Crippen LogP contribution < -0.4 is 14.8 Å². The molecule has 0 saturated heterocycles. The van der Waals surface area contributed by atoms with Crippen LogP contribution in [-0.2, 0) is 4.79 Å². The molecular formula is C24H26N2O3S3. The van der Waals surface area contributed by atoms with Gasteiger partial charge in [-0.05, 0) is 67.5 Å². The third-order valence-corrected chi connectivity index (χ3v) is 7.42. The van der Waals surface area contributed by atoms with Crippen molar-refractivity contribution in [1.29, 1.82) is 0 Å². The summed E-state index contributed by atoms with van der Waals surface area (Å²) in [4.78, 5) is 20.2. The Hall–Kier alpha value is -2.29. The van der Waals surface area contributed by atoms with Gasteiger partial charge in [0, 0.05) is 15.5 Å². The maximum atomic E-state index is 13.6. The van der Waals surface area contributed by atoms with E-state index in [1.165, 1.54) is 23.5 Å². The summed E-state index contributed by atoms with van der Waals surface area (Å²) in [5, 5.41) is 3.51. The van der Waals surface area contributed by atoms with Crippen molar-refractivity contribution in [3.05, 3.63) is 65.9 Å². The van der Waals surface area contributed by atoms with E-state index in [0.717, 1.165) is 43.3 Å². The molecule has 3 rings (SSSR count). The number of amides is 1. The Morgan fingerprint density at radius 2 is 1.53 bits per heavy atom. The van der Waals surface area contributed by atoms with Gasteiger partial charge in [-0.3, -0.25) is 4.79 Å². The number of ether oxygens (including phenoxy) is 2. The Kier molecular flexibility index (Phi) is 8.78. The number of aryl methyl sites for hydroxylation is 1. The molecule has 3 aromatic rings. The quantitative estimate of drug-likeness (QED) is 0.355. The number of pyridine rings is 1. The van der Waals surface area contributed by atoms with Crippen LogP contribution in [0.25, 0.3) is 0 Å². The minimum absolute atomic E-state index is 0.104. The second kappa shape index (κ2) is 11.5. The number of carbonyl (C=O) groups is 1. The van der Waals surface area contributed by atoms with E-state index in [4.69, 9.17) is 9.47 Å². The molecule has 1 atom stereocenters. The molecule has 168 valence electrons. The fraction of sp³-hybridized carbons (Fsp3) is 0.250. The van der Waals surface area contributed by atoms with Crippen molar-refractivity contribution in [2.45, 2.75) is 27.0 Å². The highest BCUT2D eigenvalue weighted by Crippen LogP contribution is 2.40. The number of methoxy groups -OCH3 is 2. The lowest BCUT2D eigenvalue weighted by Gasteiger charge is -2.20. The van der Waals surface area contributed by atoms with Crippen LogP contribution in [0.2, 0.25) is 0 Å². The Morgan fingerprint density at radius 3 is 2.06 bits per heavy atom. The molecular weight excluding hydrogens is 460 g/mol. The lowest BCUT2D eigenvalue weighted by Crippen LogP contribution is -2.20. The maximum absolute atomic E-state index is 13.6. The van der Waals surface area contributed by atoms with Crippen LogP contribution in [0, 0.1) is 6.92 Å².